The Bertz CT molecular complexity index is 1680. The standard InChI is InChI=1S/C32H32N4O3/c1-20-7-8-24(18-31(37)38)30(15-20)39-19-29-27-17-23(22-10-9-21-13-14-34-32(33)26(21)16-22)11-12-28(27)35-36(29)25-5-3-2-4-6-25/h7-17,25H,2-6,18-19H2,1H3,(H2,33,34)(H,37,38). The number of rotatable bonds is 7. The van der Waals surface area contributed by atoms with Crippen molar-refractivity contribution in [3.8, 4) is 16.9 Å². The van der Waals surface area contributed by atoms with Crippen LogP contribution in [0, 0.1) is 6.92 Å². The van der Waals surface area contributed by atoms with E-state index in [4.69, 9.17) is 15.6 Å². The topological polar surface area (TPSA) is 103 Å². The maximum Gasteiger partial charge on any atom is 0.307 e. The molecule has 7 nitrogen and oxygen atoms in total. The number of nitrogen functional groups attached to an aromatic ring is 1. The average Bonchev–Trinajstić information content (AvgIpc) is 3.31. The van der Waals surface area contributed by atoms with Gasteiger partial charge in [-0.2, -0.15) is 5.10 Å². The van der Waals surface area contributed by atoms with E-state index in [1.165, 1.54) is 19.3 Å². The molecule has 0 bridgehead atoms. The van der Waals surface area contributed by atoms with Crippen LogP contribution in [0.3, 0.4) is 0 Å². The van der Waals surface area contributed by atoms with Gasteiger partial charge in [0.25, 0.3) is 0 Å². The molecule has 2 aromatic heterocycles. The number of hydrogen-bond acceptors (Lipinski definition) is 5. The van der Waals surface area contributed by atoms with Gasteiger partial charge in [0.05, 0.1) is 23.7 Å². The second kappa shape index (κ2) is 10.4. The van der Waals surface area contributed by atoms with E-state index >= 15 is 0 Å². The average molecular weight is 521 g/mol. The monoisotopic (exact) mass is 520 g/mol. The van der Waals surface area contributed by atoms with Crippen LogP contribution in [-0.2, 0) is 17.8 Å². The van der Waals surface area contributed by atoms with Crippen LogP contribution in [0.5, 0.6) is 5.75 Å². The smallest absolute Gasteiger partial charge is 0.307 e. The van der Waals surface area contributed by atoms with E-state index in [0.717, 1.165) is 56.9 Å². The van der Waals surface area contributed by atoms with E-state index in [9.17, 15) is 9.90 Å². The van der Waals surface area contributed by atoms with E-state index in [2.05, 4.69) is 46.1 Å². The summed E-state index contributed by atoms with van der Waals surface area (Å²) in [5.74, 6) is 0.248. The SMILES string of the molecule is Cc1ccc(CC(=O)O)c(OCc2c3cc(-c4ccc5ccnc(N)c5c4)ccc3nn2C2CCCCC2)c1. The lowest BCUT2D eigenvalue weighted by molar-refractivity contribution is -0.136. The highest BCUT2D eigenvalue weighted by Gasteiger charge is 2.22. The van der Waals surface area contributed by atoms with E-state index in [1.807, 2.05) is 31.2 Å². The fourth-order valence-electron chi connectivity index (χ4n) is 5.73. The Morgan fingerprint density at radius 2 is 1.77 bits per heavy atom. The van der Waals surface area contributed by atoms with Gasteiger partial charge in [0.15, 0.2) is 0 Å². The third kappa shape index (κ3) is 5.04. The van der Waals surface area contributed by atoms with Crippen molar-refractivity contribution in [3.63, 3.8) is 0 Å². The van der Waals surface area contributed by atoms with Gasteiger partial charge in [0, 0.05) is 22.5 Å². The van der Waals surface area contributed by atoms with Crippen LogP contribution in [-0.4, -0.2) is 25.8 Å². The molecule has 7 heteroatoms. The third-order valence-electron chi connectivity index (χ3n) is 7.78. The molecule has 2 heterocycles. The predicted octanol–water partition coefficient (Wildman–Crippen LogP) is 6.85. The van der Waals surface area contributed by atoms with Crippen molar-refractivity contribution >= 4 is 33.5 Å². The zero-order valence-corrected chi connectivity index (χ0v) is 22.1. The summed E-state index contributed by atoms with van der Waals surface area (Å²) in [7, 11) is 0. The summed E-state index contributed by atoms with van der Waals surface area (Å²) in [6, 6.07) is 20.6. The maximum absolute atomic E-state index is 11.5. The number of aryl methyl sites for hydroxylation is 1. The molecule has 1 saturated carbocycles. The summed E-state index contributed by atoms with van der Waals surface area (Å²) in [4.78, 5) is 15.7. The first kappa shape index (κ1) is 24.9. The van der Waals surface area contributed by atoms with Crippen LogP contribution in [0.4, 0.5) is 5.82 Å². The van der Waals surface area contributed by atoms with Gasteiger partial charge in [-0.25, -0.2) is 4.98 Å². The van der Waals surface area contributed by atoms with E-state index in [0.29, 0.717) is 29.8 Å². The van der Waals surface area contributed by atoms with Crippen molar-refractivity contribution in [2.75, 3.05) is 5.73 Å². The van der Waals surface area contributed by atoms with Crippen molar-refractivity contribution in [1.82, 2.24) is 14.8 Å². The van der Waals surface area contributed by atoms with Crippen molar-refractivity contribution < 1.29 is 14.6 Å². The van der Waals surface area contributed by atoms with Gasteiger partial charge in [0.2, 0.25) is 0 Å². The Balaban J connectivity index is 1.42. The Morgan fingerprint density at radius 3 is 2.56 bits per heavy atom. The lowest BCUT2D eigenvalue weighted by Gasteiger charge is -2.24. The molecule has 5 aromatic rings. The molecule has 0 spiro atoms. The fraction of sp³-hybridized carbons (Fsp3) is 0.281. The number of fused-ring (bicyclic) bond motifs is 2. The molecule has 0 saturated heterocycles. The number of hydrogen-bond donors (Lipinski definition) is 2. The Morgan fingerprint density at radius 1 is 1.00 bits per heavy atom. The van der Waals surface area contributed by atoms with Crippen molar-refractivity contribution in [2.24, 2.45) is 0 Å². The molecule has 0 aliphatic heterocycles. The lowest BCUT2D eigenvalue weighted by atomic mass is 9.95. The first-order chi connectivity index (χ1) is 19.0. The summed E-state index contributed by atoms with van der Waals surface area (Å²) < 4.78 is 8.54. The molecule has 39 heavy (non-hydrogen) atoms. The quantitative estimate of drug-likeness (QED) is 0.243. The van der Waals surface area contributed by atoms with E-state index < -0.39 is 5.97 Å². The summed E-state index contributed by atoms with van der Waals surface area (Å²) >= 11 is 0. The number of carboxylic acid groups (broad SMARTS) is 1. The second-order valence-electron chi connectivity index (χ2n) is 10.5. The zero-order chi connectivity index (χ0) is 26.9. The van der Waals surface area contributed by atoms with Gasteiger partial charge in [-0.1, -0.05) is 49.6 Å². The third-order valence-corrected chi connectivity index (χ3v) is 7.78. The molecular weight excluding hydrogens is 488 g/mol. The largest absolute Gasteiger partial charge is 0.487 e. The van der Waals surface area contributed by atoms with Crippen LogP contribution in [0.1, 0.15) is 55.0 Å². The van der Waals surface area contributed by atoms with Gasteiger partial charge >= 0.3 is 5.97 Å². The van der Waals surface area contributed by atoms with Crippen LogP contribution >= 0.6 is 0 Å². The number of anilines is 1. The molecular formula is C32H32N4O3. The second-order valence-corrected chi connectivity index (χ2v) is 10.5. The molecule has 198 valence electrons. The van der Waals surface area contributed by atoms with E-state index in [1.54, 1.807) is 6.20 Å². The number of nitrogens with zero attached hydrogens (tertiary/aromatic N) is 3. The molecule has 1 fully saturated rings. The Labute approximate surface area is 227 Å². The molecule has 3 aromatic carbocycles. The first-order valence-corrected chi connectivity index (χ1v) is 13.6. The number of nitrogens with two attached hydrogens (primary N) is 1. The highest BCUT2D eigenvalue weighted by atomic mass is 16.5. The molecule has 1 aliphatic carbocycles. The van der Waals surface area contributed by atoms with Gasteiger partial charge in [0.1, 0.15) is 18.2 Å². The molecule has 0 unspecified atom stereocenters. The molecule has 6 rings (SSSR count). The predicted molar refractivity (Wildman–Crippen MR) is 154 cm³/mol. The minimum Gasteiger partial charge on any atom is -0.487 e. The van der Waals surface area contributed by atoms with Gasteiger partial charge in [-0.05, 0) is 72.2 Å². The van der Waals surface area contributed by atoms with Gasteiger partial charge in [-0.15, -0.1) is 0 Å². The summed E-state index contributed by atoms with van der Waals surface area (Å²) in [6.45, 7) is 2.29. The number of pyridine rings is 1. The molecule has 0 atom stereocenters. The highest BCUT2D eigenvalue weighted by Crippen LogP contribution is 2.35. The van der Waals surface area contributed by atoms with Crippen LogP contribution in [0.2, 0.25) is 0 Å². The minimum absolute atomic E-state index is 0.0810. The number of carbonyl (C=O) groups is 1. The van der Waals surface area contributed by atoms with Gasteiger partial charge in [-0.3, -0.25) is 9.48 Å². The summed E-state index contributed by atoms with van der Waals surface area (Å²) in [5.41, 5.74) is 11.9. The molecule has 0 amide bonds. The fourth-order valence-corrected chi connectivity index (χ4v) is 5.73. The van der Waals surface area contributed by atoms with Crippen molar-refractivity contribution in [2.45, 2.75) is 58.1 Å². The summed E-state index contributed by atoms with van der Waals surface area (Å²) in [5, 5.41) is 17.5. The first-order valence-electron chi connectivity index (χ1n) is 13.6. The Hall–Kier alpha value is -4.39. The number of aromatic nitrogens is 3. The minimum atomic E-state index is -0.878. The number of benzene rings is 3. The normalized spacial score (nSPS) is 14.2. The molecule has 1 aliphatic rings. The van der Waals surface area contributed by atoms with Crippen molar-refractivity contribution in [3.05, 3.63) is 83.7 Å². The Kier molecular flexibility index (Phi) is 6.65. The maximum atomic E-state index is 11.5. The lowest BCUT2D eigenvalue weighted by Crippen LogP contribution is -2.18. The van der Waals surface area contributed by atoms with Crippen LogP contribution in [0.15, 0.2) is 66.9 Å². The van der Waals surface area contributed by atoms with Gasteiger partial charge < -0.3 is 15.6 Å². The van der Waals surface area contributed by atoms with Crippen LogP contribution in [0.25, 0.3) is 32.8 Å². The number of aliphatic carboxylic acids is 1. The van der Waals surface area contributed by atoms with Crippen LogP contribution < -0.4 is 10.5 Å². The molecule has 0 radical (unpaired) electrons. The highest BCUT2D eigenvalue weighted by molar-refractivity contribution is 5.95. The number of ether oxygens (including phenoxy) is 1. The molecule has 3 N–H and O–H groups in total. The van der Waals surface area contributed by atoms with Crippen molar-refractivity contribution in [1.29, 1.82) is 0 Å². The summed E-state index contributed by atoms with van der Waals surface area (Å²) in [6.07, 6.45) is 7.49. The van der Waals surface area contributed by atoms with E-state index in [-0.39, 0.29) is 6.42 Å². The number of carboxylic acids is 1. The zero-order valence-electron chi connectivity index (χ0n) is 22.1.